The minimum absolute atomic E-state index is 0.0421. The van der Waals surface area contributed by atoms with E-state index >= 15 is 0 Å². The van der Waals surface area contributed by atoms with Gasteiger partial charge in [-0.15, -0.1) is 0 Å². The SMILES string of the molecule is CC1(C)CC(NCc2cc3c(c(C(F)(F)F)c2)CN(c2ccccc2)C3=O)CO1. The first kappa shape index (κ1) is 19.9. The first-order chi connectivity index (χ1) is 13.6. The van der Waals surface area contributed by atoms with Crippen molar-refractivity contribution in [2.45, 2.75) is 51.2 Å². The Hall–Kier alpha value is -2.38. The number of para-hydroxylation sites is 1. The van der Waals surface area contributed by atoms with Gasteiger partial charge in [-0.05, 0) is 55.7 Å². The Labute approximate surface area is 167 Å². The predicted octanol–water partition coefficient (Wildman–Crippen LogP) is 4.52. The molecule has 1 amide bonds. The molecular weight excluding hydrogens is 381 g/mol. The molecule has 0 bridgehead atoms. The van der Waals surface area contributed by atoms with Crippen LogP contribution in [0.3, 0.4) is 0 Å². The maximum absolute atomic E-state index is 13.8. The second-order valence-electron chi connectivity index (χ2n) is 8.25. The molecule has 1 fully saturated rings. The van der Waals surface area contributed by atoms with Crippen LogP contribution >= 0.6 is 0 Å². The van der Waals surface area contributed by atoms with Crippen molar-refractivity contribution >= 4 is 11.6 Å². The molecule has 4 rings (SSSR count). The number of halogens is 3. The highest BCUT2D eigenvalue weighted by Gasteiger charge is 2.40. The molecule has 0 spiro atoms. The van der Waals surface area contributed by atoms with E-state index in [-0.39, 0.29) is 35.9 Å². The number of alkyl halides is 3. The van der Waals surface area contributed by atoms with E-state index in [1.807, 2.05) is 13.8 Å². The minimum atomic E-state index is -4.52. The lowest BCUT2D eigenvalue weighted by Gasteiger charge is -2.17. The van der Waals surface area contributed by atoms with Crippen LogP contribution in [0.5, 0.6) is 0 Å². The first-order valence-corrected chi connectivity index (χ1v) is 9.61. The zero-order chi connectivity index (χ0) is 20.8. The molecule has 0 aromatic heterocycles. The van der Waals surface area contributed by atoms with E-state index in [0.717, 1.165) is 12.5 Å². The molecule has 7 heteroatoms. The fourth-order valence-electron chi connectivity index (χ4n) is 4.07. The van der Waals surface area contributed by atoms with Gasteiger partial charge >= 0.3 is 6.18 Å². The van der Waals surface area contributed by atoms with Gasteiger partial charge in [-0.3, -0.25) is 4.79 Å². The second-order valence-corrected chi connectivity index (χ2v) is 8.25. The molecule has 0 saturated carbocycles. The van der Waals surface area contributed by atoms with Crippen LogP contribution in [0.4, 0.5) is 18.9 Å². The fourth-order valence-corrected chi connectivity index (χ4v) is 4.07. The van der Waals surface area contributed by atoms with Gasteiger partial charge in [0.2, 0.25) is 0 Å². The van der Waals surface area contributed by atoms with E-state index < -0.39 is 17.6 Å². The zero-order valence-corrected chi connectivity index (χ0v) is 16.3. The third-order valence-electron chi connectivity index (χ3n) is 5.48. The van der Waals surface area contributed by atoms with E-state index in [4.69, 9.17) is 4.74 Å². The molecule has 2 aliphatic rings. The van der Waals surface area contributed by atoms with Crippen LogP contribution in [0.25, 0.3) is 0 Å². The average Bonchev–Trinajstić information content (AvgIpc) is 3.18. The van der Waals surface area contributed by atoms with E-state index in [2.05, 4.69) is 5.32 Å². The lowest BCUT2D eigenvalue weighted by Crippen LogP contribution is -2.30. The van der Waals surface area contributed by atoms with Gasteiger partial charge in [-0.1, -0.05) is 18.2 Å². The number of hydrogen-bond acceptors (Lipinski definition) is 3. The van der Waals surface area contributed by atoms with Crippen molar-refractivity contribution in [3.8, 4) is 0 Å². The summed E-state index contributed by atoms with van der Waals surface area (Å²) in [7, 11) is 0. The Bertz CT molecular complexity index is 926. The van der Waals surface area contributed by atoms with Crippen LogP contribution in [0, 0.1) is 0 Å². The largest absolute Gasteiger partial charge is 0.416 e. The summed E-state index contributed by atoms with van der Waals surface area (Å²) in [4.78, 5) is 14.3. The molecular formula is C22H23F3N2O2. The van der Waals surface area contributed by atoms with Crippen LogP contribution in [0.2, 0.25) is 0 Å². The van der Waals surface area contributed by atoms with E-state index in [0.29, 0.717) is 17.9 Å². The summed E-state index contributed by atoms with van der Waals surface area (Å²) in [6, 6.07) is 11.6. The van der Waals surface area contributed by atoms with Crippen molar-refractivity contribution in [3.63, 3.8) is 0 Å². The summed E-state index contributed by atoms with van der Waals surface area (Å²) in [5.41, 5.74) is 0.236. The molecule has 0 radical (unpaired) electrons. The summed E-state index contributed by atoms with van der Waals surface area (Å²) in [6.45, 7) is 4.67. The van der Waals surface area contributed by atoms with Gasteiger partial charge < -0.3 is 15.0 Å². The monoisotopic (exact) mass is 404 g/mol. The Morgan fingerprint density at radius 2 is 1.93 bits per heavy atom. The maximum Gasteiger partial charge on any atom is 0.416 e. The van der Waals surface area contributed by atoms with E-state index in [1.54, 1.807) is 36.4 Å². The highest BCUT2D eigenvalue weighted by molar-refractivity contribution is 6.10. The van der Waals surface area contributed by atoms with E-state index in [1.165, 1.54) is 4.90 Å². The van der Waals surface area contributed by atoms with Crippen molar-refractivity contribution < 1.29 is 22.7 Å². The summed E-state index contributed by atoms with van der Waals surface area (Å²) in [5.74, 6) is -0.399. The van der Waals surface area contributed by atoms with Gasteiger partial charge in [-0.25, -0.2) is 0 Å². The third-order valence-corrected chi connectivity index (χ3v) is 5.48. The number of fused-ring (bicyclic) bond motifs is 1. The van der Waals surface area contributed by atoms with Gasteiger partial charge in [0.25, 0.3) is 5.91 Å². The number of anilines is 1. The van der Waals surface area contributed by atoms with Crippen LogP contribution in [0.1, 0.15) is 47.3 Å². The van der Waals surface area contributed by atoms with Gasteiger partial charge in [0.15, 0.2) is 0 Å². The molecule has 2 aromatic carbocycles. The molecule has 1 atom stereocenters. The highest BCUT2D eigenvalue weighted by atomic mass is 19.4. The molecule has 2 aromatic rings. The number of nitrogens with zero attached hydrogens (tertiary/aromatic N) is 1. The quantitative estimate of drug-likeness (QED) is 0.815. The van der Waals surface area contributed by atoms with Gasteiger partial charge in [0.1, 0.15) is 0 Å². The van der Waals surface area contributed by atoms with Crippen LogP contribution < -0.4 is 10.2 Å². The number of carbonyl (C=O) groups is 1. The number of amides is 1. The van der Waals surface area contributed by atoms with Crippen molar-refractivity contribution in [3.05, 3.63) is 64.7 Å². The van der Waals surface area contributed by atoms with Gasteiger partial charge in [0.05, 0.1) is 24.3 Å². The lowest BCUT2D eigenvalue weighted by molar-refractivity contribution is -0.138. The number of hydrogen-bond donors (Lipinski definition) is 1. The number of benzene rings is 2. The Morgan fingerprint density at radius 3 is 2.55 bits per heavy atom. The molecule has 29 heavy (non-hydrogen) atoms. The second kappa shape index (κ2) is 7.15. The molecule has 4 nitrogen and oxygen atoms in total. The Morgan fingerprint density at radius 1 is 1.21 bits per heavy atom. The molecule has 154 valence electrons. The third kappa shape index (κ3) is 4.02. The van der Waals surface area contributed by atoms with Crippen molar-refractivity contribution in [1.29, 1.82) is 0 Å². The topological polar surface area (TPSA) is 41.6 Å². The number of rotatable bonds is 4. The normalized spacial score (nSPS) is 20.9. The number of carbonyl (C=O) groups excluding carboxylic acids is 1. The summed E-state index contributed by atoms with van der Waals surface area (Å²) >= 11 is 0. The standard InChI is InChI=1S/C22H23F3N2O2/c1-21(2)10-15(13-29-21)26-11-14-8-17-18(19(9-14)22(23,24)25)12-27(20(17)28)16-6-4-3-5-7-16/h3-9,15,26H,10-13H2,1-2H3. The van der Waals surface area contributed by atoms with Crippen molar-refractivity contribution in [1.82, 2.24) is 5.32 Å². The van der Waals surface area contributed by atoms with Crippen molar-refractivity contribution in [2.24, 2.45) is 0 Å². The Balaban J connectivity index is 1.62. The van der Waals surface area contributed by atoms with Gasteiger partial charge in [0, 0.05) is 23.8 Å². The lowest BCUT2D eigenvalue weighted by atomic mass is 9.98. The molecule has 1 unspecified atom stereocenters. The molecule has 2 aliphatic heterocycles. The highest BCUT2D eigenvalue weighted by Crippen LogP contribution is 2.39. The number of ether oxygens (including phenoxy) is 1. The number of nitrogens with one attached hydrogen (secondary N) is 1. The minimum Gasteiger partial charge on any atom is -0.374 e. The summed E-state index contributed by atoms with van der Waals surface area (Å²) < 4.78 is 46.9. The molecule has 1 N–H and O–H groups in total. The zero-order valence-electron chi connectivity index (χ0n) is 16.3. The van der Waals surface area contributed by atoms with Gasteiger partial charge in [-0.2, -0.15) is 13.2 Å². The van der Waals surface area contributed by atoms with E-state index in [9.17, 15) is 18.0 Å². The smallest absolute Gasteiger partial charge is 0.374 e. The first-order valence-electron chi connectivity index (χ1n) is 9.61. The van der Waals surface area contributed by atoms with Crippen LogP contribution in [0.15, 0.2) is 42.5 Å². The molecule has 2 heterocycles. The fraction of sp³-hybridized carbons (Fsp3) is 0.409. The maximum atomic E-state index is 13.8. The van der Waals surface area contributed by atoms with Crippen molar-refractivity contribution in [2.75, 3.05) is 11.5 Å². The average molecular weight is 404 g/mol. The Kier molecular flexibility index (Phi) is 4.91. The molecule has 1 saturated heterocycles. The predicted molar refractivity (Wildman–Crippen MR) is 104 cm³/mol. The summed E-state index contributed by atoms with van der Waals surface area (Å²) in [6.07, 6.45) is -3.74. The van der Waals surface area contributed by atoms with Crippen LogP contribution in [-0.2, 0) is 24.0 Å². The van der Waals surface area contributed by atoms with Crippen LogP contribution in [-0.4, -0.2) is 24.2 Å². The molecule has 0 aliphatic carbocycles. The summed E-state index contributed by atoms with van der Waals surface area (Å²) in [5, 5.41) is 3.26.